The summed E-state index contributed by atoms with van der Waals surface area (Å²) in [6, 6.07) is 7.01. The molecule has 0 bridgehead atoms. The SMILES string of the molecule is C=CCn1c(C)csc1=NN=Cc1ccccc1O. The molecule has 0 saturated heterocycles. The van der Waals surface area contributed by atoms with Crippen LogP contribution in [0.1, 0.15) is 11.3 Å². The molecule has 0 aliphatic carbocycles. The van der Waals surface area contributed by atoms with Gasteiger partial charge in [-0.3, -0.25) is 0 Å². The zero-order valence-corrected chi connectivity index (χ0v) is 11.5. The van der Waals surface area contributed by atoms with Crippen molar-refractivity contribution in [2.75, 3.05) is 0 Å². The molecule has 2 rings (SSSR count). The minimum Gasteiger partial charge on any atom is -0.507 e. The van der Waals surface area contributed by atoms with E-state index in [9.17, 15) is 5.11 Å². The number of benzene rings is 1. The molecule has 1 aromatic heterocycles. The van der Waals surface area contributed by atoms with Crippen LogP contribution in [0.3, 0.4) is 0 Å². The molecule has 98 valence electrons. The first-order valence-electron chi connectivity index (χ1n) is 5.83. The molecule has 1 N–H and O–H groups in total. The van der Waals surface area contributed by atoms with Crippen molar-refractivity contribution in [3.8, 4) is 5.75 Å². The fraction of sp³-hybridized carbons (Fsp3) is 0.143. The molecule has 0 amide bonds. The monoisotopic (exact) mass is 273 g/mol. The van der Waals surface area contributed by atoms with Gasteiger partial charge in [0.1, 0.15) is 5.75 Å². The fourth-order valence-corrected chi connectivity index (χ4v) is 2.43. The topological polar surface area (TPSA) is 49.9 Å². The number of phenolic OH excluding ortho intramolecular Hbond substituents is 1. The van der Waals surface area contributed by atoms with E-state index in [4.69, 9.17) is 0 Å². The lowest BCUT2D eigenvalue weighted by atomic mass is 10.2. The quantitative estimate of drug-likeness (QED) is 0.520. The Balaban J connectivity index is 2.28. The number of hydrogen-bond donors (Lipinski definition) is 1. The van der Waals surface area contributed by atoms with Gasteiger partial charge in [0.15, 0.2) is 0 Å². The van der Waals surface area contributed by atoms with Gasteiger partial charge in [0, 0.05) is 23.2 Å². The maximum Gasteiger partial charge on any atom is 0.211 e. The highest BCUT2D eigenvalue weighted by Crippen LogP contribution is 2.12. The summed E-state index contributed by atoms with van der Waals surface area (Å²) in [6.07, 6.45) is 3.37. The summed E-state index contributed by atoms with van der Waals surface area (Å²) in [5.74, 6) is 0.197. The molecule has 1 aromatic carbocycles. The van der Waals surface area contributed by atoms with Gasteiger partial charge in [-0.1, -0.05) is 18.2 Å². The second-order valence-corrected chi connectivity index (χ2v) is 4.80. The molecule has 0 spiro atoms. The summed E-state index contributed by atoms with van der Waals surface area (Å²) in [6.45, 7) is 6.46. The zero-order valence-electron chi connectivity index (χ0n) is 10.7. The summed E-state index contributed by atoms with van der Waals surface area (Å²) in [5.41, 5.74) is 1.77. The van der Waals surface area contributed by atoms with Crippen LogP contribution in [0.4, 0.5) is 0 Å². The summed E-state index contributed by atoms with van der Waals surface area (Å²) in [7, 11) is 0. The van der Waals surface area contributed by atoms with Crippen molar-refractivity contribution in [3.63, 3.8) is 0 Å². The third kappa shape index (κ3) is 3.20. The number of para-hydroxylation sites is 1. The largest absolute Gasteiger partial charge is 0.507 e. The maximum absolute atomic E-state index is 9.60. The molecule has 4 nitrogen and oxygen atoms in total. The highest BCUT2D eigenvalue weighted by molar-refractivity contribution is 7.07. The lowest BCUT2D eigenvalue weighted by Gasteiger charge is -1.99. The van der Waals surface area contributed by atoms with Gasteiger partial charge >= 0.3 is 0 Å². The second kappa shape index (κ2) is 6.15. The number of nitrogens with zero attached hydrogens (tertiary/aromatic N) is 3. The maximum atomic E-state index is 9.60. The fourth-order valence-electron chi connectivity index (χ4n) is 1.58. The summed E-state index contributed by atoms with van der Waals surface area (Å²) < 4.78 is 2.03. The number of hydrogen-bond acceptors (Lipinski definition) is 4. The number of phenols is 1. The van der Waals surface area contributed by atoms with Crippen molar-refractivity contribution >= 4 is 17.6 Å². The first-order valence-corrected chi connectivity index (χ1v) is 6.71. The Morgan fingerprint density at radius 2 is 2.21 bits per heavy atom. The minimum absolute atomic E-state index is 0.197. The van der Waals surface area contributed by atoms with Crippen molar-refractivity contribution in [1.29, 1.82) is 0 Å². The molecule has 2 aromatic rings. The van der Waals surface area contributed by atoms with Crippen LogP contribution in [0.15, 0.2) is 52.5 Å². The van der Waals surface area contributed by atoms with Gasteiger partial charge in [0.05, 0.1) is 6.21 Å². The smallest absolute Gasteiger partial charge is 0.211 e. The first kappa shape index (κ1) is 13.3. The molecule has 1 heterocycles. The van der Waals surface area contributed by atoms with Crippen LogP contribution in [0.2, 0.25) is 0 Å². The predicted molar refractivity (Wildman–Crippen MR) is 78.5 cm³/mol. The third-order valence-electron chi connectivity index (χ3n) is 2.58. The lowest BCUT2D eigenvalue weighted by molar-refractivity contribution is 0.474. The number of aromatic nitrogens is 1. The van der Waals surface area contributed by atoms with Gasteiger partial charge in [-0.25, -0.2) is 0 Å². The summed E-state index contributed by atoms with van der Waals surface area (Å²) in [4.78, 5) is 0.809. The van der Waals surface area contributed by atoms with E-state index in [0.717, 1.165) is 10.5 Å². The Hall–Kier alpha value is -2.14. The molecule has 0 fully saturated rings. The molecular formula is C14H15N3OS. The van der Waals surface area contributed by atoms with E-state index >= 15 is 0 Å². The molecule has 0 atom stereocenters. The van der Waals surface area contributed by atoms with Crippen LogP contribution in [0, 0.1) is 6.92 Å². The summed E-state index contributed by atoms with van der Waals surface area (Å²) >= 11 is 1.53. The molecule has 0 radical (unpaired) electrons. The first-order chi connectivity index (χ1) is 9.22. The van der Waals surface area contributed by atoms with Crippen LogP contribution >= 0.6 is 11.3 Å². The van der Waals surface area contributed by atoms with Gasteiger partial charge in [-0.15, -0.1) is 23.0 Å². The Labute approximate surface area is 115 Å². The normalized spacial score (nSPS) is 12.2. The molecule has 0 unspecified atom stereocenters. The number of allylic oxidation sites excluding steroid dienone is 1. The second-order valence-electron chi connectivity index (χ2n) is 3.96. The number of aryl methyl sites for hydroxylation is 1. The average Bonchev–Trinajstić information content (AvgIpc) is 2.74. The van der Waals surface area contributed by atoms with Crippen LogP contribution in [0.5, 0.6) is 5.75 Å². The Morgan fingerprint density at radius 3 is 2.95 bits per heavy atom. The van der Waals surface area contributed by atoms with Gasteiger partial charge in [-0.2, -0.15) is 5.10 Å². The van der Waals surface area contributed by atoms with Gasteiger partial charge in [-0.05, 0) is 19.1 Å². The minimum atomic E-state index is 0.197. The zero-order chi connectivity index (χ0) is 13.7. The summed E-state index contributed by atoms with van der Waals surface area (Å²) in [5, 5.41) is 19.8. The van der Waals surface area contributed by atoms with Crippen LogP contribution in [-0.2, 0) is 6.54 Å². The highest BCUT2D eigenvalue weighted by Gasteiger charge is 1.98. The van der Waals surface area contributed by atoms with Gasteiger partial charge < -0.3 is 9.67 Å². The van der Waals surface area contributed by atoms with E-state index < -0.39 is 0 Å². The van der Waals surface area contributed by atoms with Crippen molar-refractivity contribution < 1.29 is 5.11 Å². The molecular weight excluding hydrogens is 258 g/mol. The van der Waals surface area contributed by atoms with E-state index in [0.29, 0.717) is 12.1 Å². The van der Waals surface area contributed by atoms with Gasteiger partial charge in [0.25, 0.3) is 0 Å². The predicted octanol–water partition coefficient (Wildman–Crippen LogP) is 2.68. The third-order valence-corrected chi connectivity index (χ3v) is 3.55. The number of aromatic hydroxyl groups is 1. The van der Waals surface area contributed by atoms with Crippen molar-refractivity contribution in [1.82, 2.24) is 4.57 Å². The van der Waals surface area contributed by atoms with E-state index in [1.165, 1.54) is 11.3 Å². The van der Waals surface area contributed by atoms with Crippen molar-refractivity contribution in [3.05, 3.63) is 58.4 Å². The van der Waals surface area contributed by atoms with E-state index in [1.807, 2.05) is 29.0 Å². The highest BCUT2D eigenvalue weighted by atomic mass is 32.1. The van der Waals surface area contributed by atoms with Crippen molar-refractivity contribution in [2.24, 2.45) is 10.2 Å². The average molecular weight is 273 g/mol. The molecule has 19 heavy (non-hydrogen) atoms. The number of rotatable bonds is 4. The van der Waals surface area contributed by atoms with Crippen molar-refractivity contribution in [2.45, 2.75) is 13.5 Å². The molecule has 5 heteroatoms. The van der Waals surface area contributed by atoms with E-state index in [-0.39, 0.29) is 5.75 Å². The molecule has 0 aliphatic rings. The van der Waals surface area contributed by atoms with E-state index in [2.05, 4.69) is 16.8 Å². The van der Waals surface area contributed by atoms with E-state index in [1.54, 1.807) is 24.4 Å². The standard InChI is InChI=1S/C14H15N3OS/c1-3-8-17-11(2)10-19-14(17)16-15-9-12-6-4-5-7-13(12)18/h3-7,9-10,18H,1,8H2,2H3. The van der Waals surface area contributed by atoms with Crippen LogP contribution < -0.4 is 4.80 Å². The van der Waals surface area contributed by atoms with Gasteiger partial charge in [0.2, 0.25) is 4.80 Å². The Kier molecular flexibility index (Phi) is 4.30. The molecule has 0 saturated carbocycles. The lowest BCUT2D eigenvalue weighted by Crippen LogP contribution is -2.14. The Bertz CT molecular complexity index is 667. The van der Waals surface area contributed by atoms with Crippen LogP contribution in [0.25, 0.3) is 0 Å². The molecule has 0 aliphatic heterocycles. The Morgan fingerprint density at radius 1 is 1.42 bits per heavy atom. The number of thiazole rings is 1. The van der Waals surface area contributed by atoms with Crippen LogP contribution in [-0.4, -0.2) is 15.9 Å².